The summed E-state index contributed by atoms with van der Waals surface area (Å²) in [6.07, 6.45) is 0.846. The highest BCUT2D eigenvalue weighted by molar-refractivity contribution is 8.76. The van der Waals surface area contributed by atoms with Crippen molar-refractivity contribution < 1.29 is 28.6 Å². The van der Waals surface area contributed by atoms with Gasteiger partial charge in [0.2, 0.25) is 0 Å². The first-order chi connectivity index (χ1) is 16.1. The maximum atomic E-state index is 12.8. The monoisotopic (exact) mass is 512 g/mol. The molecular formula is C22H32N4O6S2. The number of nitrogens with zero attached hydrogens (tertiary/aromatic N) is 1. The molecule has 0 radical (unpaired) electrons. The summed E-state index contributed by atoms with van der Waals surface area (Å²) in [5, 5.41) is 3.66. The van der Waals surface area contributed by atoms with Gasteiger partial charge in [0, 0.05) is 42.1 Å². The highest BCUT2D eigenvalue weighted by Crippen LogP contribution is 2.23. The molecule has 0 aliphatic carbocycles. The third-order valence-electron chi connectivity index (χ3n) is 4.39. The zero-order valence-corrected chi connectivity index (χ0v) is 21.4. The Bertz CT molecular complexity index is 976. The van der Waals surface area contributed by atoms with E-state index in [2.05, 4.69) is 5.32 Å². The molecule has 1 aromatic carbocycles. The zero-order chi connectivity index (χ0) is 25.1. The van der Waals surface area contributed by atoms with Gasteiger partial charge in [-0.3, -0.25) is 5.43 Å². The normalized spacial score (nSPS) is 12.1. The van der Waals surface area contributed by atoms with E-state index in [1.807, 2.05) is 47.5 Å². The van der Waals surface area contributed by atoms with Gasteiger partial charge in [-0.2, -0.15) is 0 Å². The number of nitrogens with two attached hydrogens (primary N) is 1. The van der Waals surface area contributed by atoms with Crippen molar-refractivity contribution in [1.29, 1.82) is 0 Å². The van der Waals surface area contributed by atoms with E-state index >= 15 is 0 Å². The van der Waals surface area contributed by atoms with Crippen LogP contribution in [0.2, 0.25) is 0 Å². The summed E-state index contributed by atoms with van der Waals surface area (Å²) in [4.78, 5) is 36.1. The lowest BCUT2D eigenvalue weighted by Gasteiger charge is -2.23. The highest BCUT2D eigenvalue weighted by atomic mass is 33.1. The van der Waals surface area contributed by atoms with Crippen molar-refractivity contribution in [3.8, 4) is 0 Å². The molecule has 0 fully saturated rings. The number of nitrogens with one attached hydrogen (secondary N) is 2. The number of carbonyl (C=O) groups is 3. The second-order valence-corrected chi connectivity index (χ2v) is 11.0. The fourth-order valence-corrected chi connectivity index (χ4v) is 4.71. The number of benzene rings is 1. The number of para-hydroxylation sites is 1. The molecular weight excluding hydrogens is 480 g/mol. The quantitative estimate of drug-likeness (QED) is 0.0789. The number of aromatic nitrogens is 1. The molecule has 1 aromatic heterocycles. The van der Waals surface area contributed by atoms with Crippen LogP contribution < -0.4 is 16.6 Å². The van der Waals surface area contributed by atoms with Gasteiger partial charge in [-0.1, -0.05) is 39.8 Å². The van der Waals surface area contributed by atoms with Crippen molar-refractivity contribution in [2.24, 2.45) is 12.9 Å². The highest BCUT2D eigenvalue weighted by Gasteiger charge is 2.27. The first-order valence-electron chi connectivity index (χ1n) is 10.7. The Morgan fingerprint density at radius 3 is 2.35 bits per heavy atom. The average molecular weight is 513 g/mol. The van der Waals surface area contributed by atoms with Crippen LogP contribution in [0.15, 0.2) is 30.5 Å². The van der Waals surface area contributed by atoms with Crippen molar-refractivity contribution in [3.05, 3.63) is 36.0 Å². The van der Waals surface area contributed by atoms with Gasteiger partial charge >= 0.3 is 18.2 Å². The van der Waals surface area contributed by atoms with E-state index in [9.17, 15) is 14.4 Å². The molecule has 0 saturated carbocycles. The van der Waals surface area contributed by atoms with Crippen LogP contribution in [-0.2, 0) is 32.5 Å². The maximum Gasteiger partial charge on any atom is 0.421 e. The summed E-state index contributed by atoms with van der Waals surface area (Å²) in [6.45, 7) is 5.66. The molecule has 2 aromatic rings. The van der Waals surface area contributed by atoms with Crippen molar-refractivity contribution in [2.75, 3.05) is 24.7 Å². The number of hydrazine groups is 1. The second-order valence-electron chi connectivity index (χ2n) is 8.28. The number of carbonyl (C=O) groups excluding carboxylic acids is 3. The smallest absolute Gasteiger partial charge is 0.421 e. The Kier molecular flexibility index (Phi) is 10.9. The third kappa shape index (κ3) is 9.35. The fourth-order valence-electron chi connectivity index (χ4n) is 3.06. The Labute approximate surface area is 207 Å². The average Bonchev–Trinajstić information content (AvgIpc) is 3.09. The van der Waals surface area contributed by atoms with E-state index < -0.39 is 29.8 Å². The molecule has 2 amide bonds. The summed E-state index contributed by atoms with van der Waals surface area (Å²) in [7, 11) is 4.89. The van der Waals surface area contributed by atoms with E-state index in [0.29, 0.717) is 11.5 Å². The lowest BCUT2D eigenvalue weighted by atomic mass is 10.1. The van der Waals surface area contributed by atoms with E-state index in [-0.39, 0.29) is 19.6 Å². The lowest BCUT2D eigenvalue weighted by molar-refractivity contribution is -0.145. The van der Waals surface area contributed by atoms with Crippen LogP contribution in [0.1, 0.15) is 26.3 Å². The Balaban J connectivity index is 1.93. The molecule has 10 nitrogen and oxygen atoms in total. The Morgan fingerprint density at radius 2 is 1.71 bits per heavy atom. The number of rotatable bonds is 11. The first kappa shape index (κ1) is 27.7. The first-order valence-corrected chi connectivity index (χ1v) is 13.2. The molecule has 0 aliphatic heterocycles. The van der Waals surface area contributed by atoms with Crippen LogP contribution >= 0.6 is 21.6 Å². The van der Waals surface area contributed by atoms with Gasteiger partial charge < -0.3 is 24.1 Å². The Morgan fingerprint density at radius 1 is 1.06 bits per heavy atom. The number of ether oxygens (including phenoxy) is 3. The molecule has 12 heteroatoms. The summed E-state index contributed by atoms with van der Waals surface area (Å²) < 4.78 is 17.5. The molecule has 4 N–H and O–H groups in total. The maximum absolute atomic E-state index is 12.8. The molecule has 0 saturated heterocycles. The summed E-state index contributed by atoms with van der Waals surface area (Å²) >= 11 is 0. The van der Waals surface area contributed by atoms with Gasteiger partial charge in [-0.15, -0.1) is 0 Å². The summed E-state index contributed by atoms with van der Waals surface area (Å²) in [5.74, 6) is 5.49. The molecule has 1 atom stereocenters. The van der Waals surface area contributed by atoms with Crippen LogP contribution in [0, 0.1) is 0 Å². The fraction of sp³-hybridized carbons (Fsp3) is 0.500. The largest absolute Gasteiger partial charge is 0.463 e. The van der Waals surface area contributed by atoms with Gasteiger partial charge in [-0.25, -0.2) is 20.2 Å². The van der Waals surface area contributed by atoms with Crippen LogP contribution in [0.5, 0.6) is 0 Å². The molecule has 34 heavy (non-hydrogen) atoms. The van der Waals surface area contributed by atoms with E-state index in [0.717, 1.165) is 16.5 Å². The predicted molar refractivity (Wildman–Crippen MR) is 134 cm³/mol. The zero-order valence-electron chi connectivity index (χ0n) is 19.8. The van der Waals surface area contributed by atoms with E-state index in [1.165, 1.54) is 21.6 Å². The van der Waals surface area contributed by atoms with Crippen LogP contribution in [0.4, 0.5) is 9.59 Å². The molecule has 1 heterocycles. The summed E-state index contributed by atoms with van der Waals surface area (Å²) in [6, 6.07) is 6.96. The number of fused-ring (bicyclic) bond motifs is 1. The van der Waals surface area contributed by atoms with E-state index in [1.54, 1.807) is 20.8 Å². The molecule has 1 unspecified atom stereocenters. The number of aryl methyl sites for hydroxylation is 1. The van der Waals surface area contributed by atoms with Crippen molar-refractivity contribution in [3.63, 3.8) is 0 Å². The minimum atomic E-state index is -0.901. The van der Waals surface area contributed by atoms with Crippen LogP contribution in [0.25, 0.3) is 10.9 Å². The van der Waals surface area contributed by atoms with Gasteiger partial charge in [0.25, 0.3) is 0 Å². The minimum Gasteiger partial charge on any atom is -0.463 e. The van der Waals surface area contributed by atoms with E-state index in [4.69, 9.17) is 20.1 Å². The van der Waals surface area contributed by atoms with Crippen molar-refractivity contribution in [2.45, 2.75) is 38.8 Å². The lowest BCUT2D eigenvalue weighted by Crippen LogP contribution is -2.45. The minimum absolute atomic E-state index is 0.169. The molecule has 188 valence electrons. The van der Waals surface area contributed by atoms with Crippen molar-refractivity contribution >= 4 is 50.6 Å². The van der Waals surface area contributed by atoms with Gasteiger partial charge in [-0.05, 0) is 32.4 Å². The standard InChI is InChI=1S/C22H32N4O6S2/c1-22(2,3)32-20(28)24-17(13-15-14-26(4)18-8-6-5-7-16(15)18)19(27)30-9-11-33-34-12-10-31-21(29)25-23/h5-8,14,17H,9-13,23H2,1-4H3,(H,24,28)(H,25,29). The third-order valence-corrected chi connectivity index (χ3v) is 6.72. The number of alkyl carbamates (subject to hydrolysis) is 1. The molecule has 0 spiro atoms. The predicted octanol–water partition coefficient (Wildman–Crippen LogP) is 3.14. The topological polar surface area (TPSA) is 134 Å². The van der Waals surface area contributed by atoms with Gasteiger partial charge in [0.1, 0.15) is 24.9 Å². The number of hydrogen-bond donors (Lipinski definition) is 3. The van der Waals surface area contributed by atoms with Crippen LogP contribution in [-0.4, -0.2) is 59.1 Å². The number of esters is 1. The van der Waals surface area contributed by atoms with Gasteiger partial charge in [0.15, 0.2) is 0 Å². The van der Waals surface area contributed by atoms with Crippen molar-refractivity contribution in [1.82, 2.24) is 15.3 Å². The molecule has 0 bridgehead atoms. The number of amides is 2. The second kappa shape index (κ2) is 13.4. The van der Waals surface area contributed by atoms with Gasteiger partial charge in [0.05, 0.1) is 0 Å². The summed E-state index contributed by atoms with van der Waals surface area (Å²) in [5.41, 5.74) is 3.13. The van der Waals surface area contributed by atoms with Crippen LogP contribution in [0.3, 0.4) is 0 Å². The molecule has 2 rings (SSSR count). The molecule has 0 aliphatic rings. The number of hydrogen-bond acceptors (Lipinski definition) is 9. The SMILES string of the molecule is Cn1cc(CC(NC(=O)OC(C)(C)C)C(=O)OCCSSCCOC(=O)NN)c2ccccc21. The Hall–Kier alpha value is -2.57.